The lowest BCUT2D eigenvalue weighted by molar-refractivity contribution is 0.0966. The SMILES string of the molecule is CCOc1ccc(Br)cc1[C@@H](N)[C@@H](O)C(C)C.Cl. The lowest BCUT2D eigenvalue weighted by atomic mass is 9.94. The van der Waals surface area contributed by atoms with E-state index in [9.17, 15) is 5.11 Å². The monoisotopic (exact) mass is 337 g/mol. The summed E-state index contributed by atoms with van der Waals surface area (Å²) in [5.41, 5.74) is 6.92. The molecule has 0 spiro atoms. The second-order valence-corrected chi connectivity index (χ2v) is 5.29. The highest BCUT2D eigenvalue weighted by atomic mass is 79.9. The van der Waals surface area contributed by atoms with E-state index >= 15 is 0 Å². The van der Waals surface area contributed by atoms with Crippen LogP contribution < -0.4 is 10.5 Å². The van der Waals surface area contributed by atoms with Crippen molar-refractivity contribution in [3.05, 3.63) is 28.2 Å². The predicted molar refractivity (Wildman–Crippen MR) is 80.3 cm³/mol. The molecular formula is C13H21BrClNO2. The molecule has 3 N–H and O–H groups in total. The summed E-state index contributed by atoms with van der Waals surface area (Å²) in [5.74, 6) is 0.848. The van der Waals surface area contributed by atoms with E-state index in [0.29, 0.717) is 6.61 Å². The molecule has 0 saturated carbocycles. The molecule has 0 amide bonds. The molecule has 1 rings (SSSR count). The van der Waals surface area contributed by atoms with E-state index < -0.39 is 12.1 Å². The van der Waals surface area contributed by atoms with E-state index in [1.54, 1.807) is 0 Å². The van der Waals surface area contributed by atoms with Crippen LogP contribution in [0.2, 0.25) is 0 Å². The highest BCUT2D eigenvalue weighted by Crippen LogP contribution is 2.30. The van der Waals surface area contributed by atoms with Gasteiger partial charge in [-0.05, 0) is 31.0 Å². The van der Waals surface area contributed by atoms with Gasteiger partial charge in [0.1, 0.15) is 5.75 Å². The average Bonchev–Trinajstić information content (AvgIpc) is 2.29. The maximum absolute atomic E-state index is 10.0. The van der Waals surface area contributed by atoms with Gasteiger partial charge in [0.05, 0.1) is 18.8 Å². The largest absolute Gasteiger partial charge is 0.494 e. The second-order valence-electron chi connectivity index (χ2n) is 4.38. The molecule has 0 radical (unpaired) electrons. The number of halogens is 2. The summed E-state index contributed by atoms with van der Waals surface area (Å²) in [6.45, 7) is 6.40. The summed E-state index contributed by atoms with van der Waals surface area (Å²) in [6.07, 6.45) is -0.580. The summed E-state index contributed by atoms with van der Waals surface area (Å²) in [6, 6.07) is 5.24. The van der Waals surface area contributed by atoms with Gasteiger partial charge in [0.2, 0.25) is 0 Å². The summed E-state index contributed by atoms with van der Waals surface area (Å²) >= 11 is 3.41. The zero-order valence-corrected chi connectivity index (χ0v) is 13.3. The third-order valence-corrected chi connectivity index (χ3v) is 3.18. The molecule has 0 aliphatic rings. The topological polar surface area (TPSA) is 55.5 Å². The second kappa shape index (κ2) is 8.00. The number of rotatable bonds is 5. The van der Waals surface area contributed by atoms with Gasteiger partial charge < -0.3 is 15.6 Å². The van der Waals surface area contributed by atoms with Crippen molar-refractivity contribution in [3.63, 3.8) is 0 Å². The van der Waals surface area contributed by atoms with Crippen LogP contribution in [0.25, 0.3) is 0 Å². The maximum Gasteiger partial charge on any atom is 0.124 e. The molecule has 0 aliphatic carbocycles. The van der Waals surface area contributed by atoms with Crippen LogP contribution in [0, 0.1) is 5.92 Å². The van der Waals surface area contributed by atoms with Crippen LogP contribution in [0.5, 0.6) is 5.75 Å². The normalized spacial score (nSPS) is 13.9. The minimum absolute atomic E-state index is 0. The zero-order valence-electron chi connectivity index (χ0n) is 10.9. The molecule has 5 heteroatoms. The molecule has 18 heavy (non-hydrogen) atoms. The Morgan fingerprint density at radius 1 is 1.39 bits per heavy atom. The number of hydrogen-bond acceptors (Lipinski definition) is 3. The third-order valence-electron chi connectivity index (χ3n) is 2.68. The van der Waals surface area contributed by atoms with E-state index in [2.05, 4.69) is 15.9 Å². The van der Waals surface area contributed by atoms with E-state index in [1.807, 2.05) is 39.0 Å². The predicted octanol–water partition coefficient (Wildman–Crippen LogP) is 3.29. The fourth-order valence-electron chi connectivity index (χ4n) is 1.67. The van der Waals surface area contributed by atoms with Gasteiger partial charge in [-0.2, -0.15) is 0 Å². The Hall–Kier alpha value is -0.290. The molecule has 0 saturated heterocycles. The lowest BCUT2D eigenvalue weighted by Crippen LogP contribution is -2.30. The Balaban J connectivity index is 0.00000289. The lowest BCUT2D eigenvalue weighted by Gasteiger charge is -2.24. The molecule has 0 heterocycles. The first-order valence-corrected chi connectivity index (χ1v) is 6.62. The Bertz CT molecular complexity index is 374. The molecule has 1 aromatic carbocycles. The fraction of sp³-hybridized carbons (Fsp3) is 0.538. The van der Waals surface area contributed by atoms with Crippen molar-refractivity contribution in [1.29, 1.82) is 0 Å². The molecule has 0 unspecified atom stereocenters. The summed E-state index contributed by atoms with van der Waals surface area (Å²) in [4.78, 5) is 0. The smallest absolute Gasteiger partial charge is 0.124 e. The highest BCUT2D eigenvalue weighted by Gasteiger charge is 2.23. The molecule has 0 bridgehead atoms. The number of hydrogen-bond donors (Lipinski definition) is 2. The van der Waals surface area contributed by atoms with Gasteiger partial charge in [0.15, 0.2) is 0 Å². The summed E-state index contributed by atoms with van der Waals surface area (Å²) < 4.78 is 6.46. The maximum atomic E-state index is 10.0. The Kier molecular flexibility index (Phi) is 7.87. The summed E-state index contributed by atoms with van der Waals surface area (Å²) in [7, 11) is 0. The molecule has 104 valence electrons. The van der Waals surface area contributed by atoms with E-state index in [-0.39, 0.29) is 18.3 Å². The van der Waals surface area contributed by atoms with Crippen molar-refractivity contribution in [2.75, 3.05) is 6.61 Å². The van der Waals surface area contributed by atoms with Crippen molar-refractivity contribution < 1.29 is 9.84 Å². The van der Waals surface area contributed by atoms with E-state index in [1.165, 1.54) is 0 Å². The minimum atomic E-state index is -0.580. The summed E-state index contributed by atoms with van der Waals surface area (Å²) in [5, 5.41) is 10.0. The van der Waals surface area contributed by atoms with Crippen molar-refractivity contribution in [2.24, 2.45) is 11.7 Å². The van der Waals surface area contributed by atoms with Crippen molar-refractivity contribution in [2.45, 2.75) is 32.9 Å². The van der Waals surface area contributed by atoms with Gasteiger partial charge in [-0.15, -0.1) is 12.4 Å². The number of aliphatic hydroxyl groups is 1. The van der Waals surface area contributed by atoms with Gasteiger partial charge in [0, 0.05) is 10.0 Å². The number of ether oxygens (including phenoxy) is 1. The first-order chi connectivity index (χ1) is 7.97. The third kappa shape index (κ3) is 4.43. The Labute approximate surface area is 123 Å². The van der Waals surface area contributed by atoms with Gasteiger partial charge in [-0.3, -0.25) is 0 Å². The van der Waals surface area contributed by atoms with Gasteiger partial charge in [-0.25, -0.2) is 0 Å². The first-order valence-electron chi connectivity index (χ1n) is 5.83. The Morgan fingerprint density at radius 3 is 2.50 bits per heavy atom. The van der Waals surface area contributed by atoms with Crippen molar-refractivity contribution in [1.82, 2.24) is 0 Å². The van der Waals surface area contributed by atoms with Crippen LogP contribution >= 0.6 is 28.3 Å². The van der Waals surface area contributed by atoms with Crippen LogP contribution in [0.4, 0.5) is 0 Å². The van der Waals surface area contributed by atoms with Crippen LogP contribution in [-0.2, 0) is 0 Å². The Morgan fingerprint density at radius 2 is 2.00 bits per heavy atom. The van der Waals surface area contributed by atoms with Crippen molar-refractivity contribution in [3.8, 4) is 5.75 Å². The van der Waals surface area contributed by atoms with Gasteiger partial charge in [-0.1, -0.05) is 29.8 Å². The van der Waals surface area contributed by atoms with Crippen LogP contribution in [0.1, 0.15) is 32.4 Å². The molecule has 2 atom stereocenters. The van der Waals surface area contributed by atoms with Crippen LogP contribution in [0.3, 0.4) is 0 Å². The molecule has 3 nitrogen and oxygen atoms in total. The zero-order chi connectivity index (χ0) is 13.0. The average molecular weight is 339 g/mol. The fourth-order valence-corrected chi connectivity index (χ4v) is 2.04. The molecular weight excluding hydrogens is 318 g/mol. The molecule has 1 aromatic rings. The van der Waals surface area contributed by atoms with E-state index in [4.69, 9.17) is 10.5 Å². The molecule has 0 fully saturated rings. The van der Waals surface area contributed by atoms with Crippen molar-refractivity contribution >= 4 is 28.3 Å². The molecule has 0 aromatic heterocycles. The quantitative estimate of drug-likeness (QED) is 0.866. The van der Waals surface area contributed by atoms with Crippen LogP contribution in [-0.4, -0.2) is 17.8 Å². The standard InChI is InChI=1S/C13H20BrNO2.ClH/c1-4-17-11-6-5-9(14)7-10(11)12(15)13(16)8(2)3;/h5-8,12-13,16H,4,15H2,1-3H3;1H/t12-,13+;/m1./s1. The number of aliphatic hydroxyl groups excluding tert-OH is 1. The number of benzene rings is 1. The number of nitrogens with two attached hydrogens (primary N) is 1. The van der Waals surface area contributed by atoms with Gasteiger partial charge in [0.25, 0.3) is 0 Å². The molecule has 0 aliphatic heterocycles. The highest BCUT2D eigenvalue weighted by molar-refractivity contribution is 9.10. The van der Waals surface area contributed by atoms with E-state index in [0.717, 1.165) is 15.8 Å². The van der Waals surface area contributed by atoms with Gasteiger partial charge >= 0.3 is 0 Å². The minimum Gasteiger partial charge on any atom is -0.494 e. The van der Waals surface area contributed by atoms with Crippen LogP contribution in [0.15, 0.2) is 22.7 Å². The first kappa shape index (κ1) is 17.7.